The van der Waals surface area contributed by atoms with E-state index in [2.05, 4.69) is 31.9 Å². The van der Waals surface area contributed by atoms with E-state index in [0.717, 1.165) is 11.6 Å². The molecule has 3 rings (SSSR count). The highest BCUT2D eigenvalue weighted by Gasteiger charge is 2.51. The molecule has 17 heavy (non-hydrogen) atoms. The highest BCUT2D eigenvalue weighted by molar-refractivity contribution is 9.12. The first kappa shape index (κ1) is 12.0. The summed E-state index contributed by atoms with van der Waals surface area (Å²) in [6, 6.07) is 3.84. The Labute approximate surface area is 113 Å². The molecular weight excluding hydrogens is 365 g/mol. The topological polar surface area (TPSA) is 9.23 Å². The zero-order chi connectivity index (χ0) is 12.4. The number of halogens is 5. The van der Waals surface area contributed by atoms with Crippen LogP contribution in [0.3, 0.4) is 0 Å². The van der Waals surface area contributed by atoms with Gasteiger partial charge in [0.25, 0.3) is 0 Å². The highest BCUT2D eigenvalue weighted by Crippen LogP contribution is 2.56. The molecule has 0 saturated carbocycles. The molecule has 1 fully saturated rings. The summed E-state index contributed by atoms with van der Waals surface area (Å²) < 4.78 is 43.5. The minimum atomic E-state index is -4.30. The van der Waals surface area contributed by atoms with Gasteiger partial charge < -0.3 is 4.74 Å². The van der Waals surface area contributed by atoms with Crippen LogP contribution in [-0.2, 0) is 10.9 Å². The van der Waals surface area contributed by atoms with Gasteiger partial charge in [-0.05, 0) is 23.3 Å². The minimum absolute atomic E-state index is 0.0171. The monoisotopic (exact) mass is 370 g/mol. The van der Waals surface area contributed by atoms with E-state index in [1.807, 2.05) is 0 Å². The van der Waals surface area contributed by atoms with Crippen LogP contribution in [0.4, 0.5) is 13.2 Å². The molecule has 2 unspecified atom stereocenters. The van der Waals surface area contributed by atoms with Gasteiger partial charge in [-0.25, -0.2) is 0 Å². The molecule has 2 aliphatic rings. The van der Waals surface area contributed by atoms with Gasteiger partial charge in [0.1, 0.15) is 0 Å². The second kappa shape index (κ2) is 3.71. The molecule has 1 aromatic rings. The molecule has 2 heterocycles. The minimum Gasteiger partial charge on any atom is -0.363 e. The van der Waals surface area contributed by atoms with Crippen LogP contribution < -0.4 is 0 Å². The maximum Gasteiger partial charge on any atom is 0.416 e. The molecule has 0 N–H and O–H groups in total. The predicted molar refractivity (Wildman–Crippen MR) is 63.4 cm³/mol. The standard InChI is InChI=1S/C11H7Br2F3O/c12-7-8(13)10-6-3-4(11(14,15)16)1-2-5(6)9(7)17-10/h1-3,7-10H/t7-,8+,9?,10?/m1/s1. The molecule has 4 atom stereocenters. The van der Waals surface area contributed by atoms with E-state index in [0.29, 0.717) is 5.56 Å². The summed E-state index contributed by atoms with van der Waals surface area (Å²) in [6.45, 7) is 0. The molecule has 1 saturated heterocycles. The average Bonchev–Trinajstić information content (AvgIpc) is 2.76. The summed E-state index contributed by atoms with van der Waals surface area (Å²) in [5.74, 6) is 0. The average molecular weight is 372 g/mol. The molecule has 0 spiro atoms. The van der Waals surface area contributed by atoms with Crippen molar-refractivity contribution in [2.24, 2.45) is 0 Å². The van der Waals surface area contributed by atoms with Gasteiger partial charge in [0.05, 0.1) is 27.4 Å². The van der Waals surface area contributed by atoms with Gasteiger partial charge in [-0.15, -0.1) is 0 Å². The maximum absolute atomic E-state index is 12.6. The van der Waals surface area contributed by atoms with E-state index in [1.165, 1.54) is 12.1 Å². The quantitative estimate of drug-likeness (QED) is 0.616. The summed E-state index contributed by atoms with van der Waals surface area (Å²) in [6.07, 6.45) is -4.74. The normalized spacial score (nSPS) is 35.1. The van der Waals surface area contributed by atoms with E-state index < -0.39 is 11.7 Å². The van der Waals surface area contributed by atoms with Crippen molar-refractivity contribution in [3.05, 3.63) is 34.9 Å². The van der Waals surface area contributed by atoms with Crippen LogP contribution in [0.25, 0.3) is 0 Å². The van der Waals surface area contributed by atoms with E-state index in [-0.39, 0.29) is 21.9 Å². The van der Waals surface area contributed by atoms with Crippen LogP contribution in [0.15, 0.2) is 18.2 Å². The Bertz CT molecular complexity index is 474. The predicted octanol–water partition coefficient (Wildman–Crippen LogP) is 4.36. The first-order valence-corrected chi connectivity index (χ1v) is 6.87. The van der Waals surface area contributed by atoms with Crippen molar-refractivity contribution in [3.63, 3.8) is 0 Å². The number of hydrogen-bond acceptors (Lipinski definition) is 1. The molecule has 92 valence electrons. The molecule has 2 bridgehead atoms. The van der Waals surface area contributed by atoms with Crippen LogP contribution in [0.2, 0.25) is 0 Å². The van der Waals surface area contributed by atoms with Gasteiger partial charge in [-0.1, -0.05) is 37.9 Å². The Morgan fingerprint density at radius 3 is 2.18 bits per heavy atom. The molecule has 1 aromatic carbocycles. The molecule has 1 nitrogen and oxygen atoms in total. The Hall–Kier alpha value is -0.0700. The number of fused-ring (bicyclic) bond motifs is 5. The lowest BCUT2D eigenvalue weighted by molar-refractivity contribution is -0.137. The molecular formula is C11H7Br2F3O. The summed E-state index contributed by atoms with van der Waals surface area (Å²) in [5, 5.41) is 0. The third kappa shape index (κ3) is 1.68. The van der Waals surface area contributed by atoms with Crippen LogP contribution in [0.1, 0.15) is 28.9 Å². The van der Waals surface area contributed by atoms with Crippen LogP contribution >= 0.6 is 31.9 Å². The summed E-state index contributed by atoms with van der Waals surface area (Å²) in [4.78, 5) is 0.125. The van der Waals surface area contributed by atoms with Gasteiger partial charge in [0.15, 0.2) is 0 Å². The third-order valence-electron chi connectivity index (χ3n) is 3.20. The van der Waals surface area contributed by atoms with Crippen LogP contribution in [0, 0.1) is 0 Å². The smallest absolute Gasteiger partial charge is 0.363 e. The molecule has 6 heteroatoms. The van der Waals surface area contributed by atoms with Crippen molar-refractivity contribution in [1.29, 1.82) is 0 Å². The van der Waals surface area contributed by atoms with Gasteiger partial charge in [-0.2, -0.15) is 13.2 Å². The lowest BCUT2D eigenvalue weighted by Crippen LogP contribution is -2.22. The largest absolute Gasteiger partial charge is 0.416 e. The zero-order valence-corrected chi connectivity index (χ0v) is 11.5. The number of alkyl halides is 5. The molecule has 0 amide bonds. The summed E-state index contributed by atoms with van der Waals surface area (Å²) in [7, 11) is 0. The van der Waals surface area contributed by atoms with Crippen molar-refractivity contribution >= 4 is 31.9 Å². The van der Waals surface area contributed by atoms with Gasteiger partial charge >= 0.3 is 6.18 Å². The molecule has 0 aliphatic carbocycles. The fraction of sp³-hybridized carbons (Fsp3) is 0.455. The SMILES string of the molecule is FC(F)(F)c1ccc2c(c1)C1OC2[C@H](Br)[C@@H]1Br. The van der Waals surface area contributed by atoms with Crippen molar-refractivity contribution in [2.75, 3.05) is 0 Å². The Balaban J connectivity index is 2.08. The first-order valence-electron chi connectivity index (χ1n) is 5.04. The first-order chi connectivity index (χ1) is 7.89. The van der Waals surface area contributed by atoms with Gasteiger partial charge in [0, 0.05) is 0 Å². The van der Waals surface area contributed by atoms with Gasteiger partial charge in [0.2, 0.25) is 0 Å². The Morgan fingerprint density at radius 2 is 1.59 bits per heavy atom. The third-order valence-corrected chi connectivity index (χ3v) is 6.01. The fourth-order valence-corrected chi connectivity index (χ4v) is 3.76. The van der Waals surface area contributed by atoms with Crippen molar-refractivity contribution < 1.29 is 17.9 Å². The van der Waals surface area contributed by atoms with E-state index in [4.69, 9.17) is 4.74 Å². The summed E-state index contributed by atoms with van der Waals surface area (Å²) >= 11 is 6.95. The molecule has 2 aliphatic heterocycles. The number of ether oxygens (including phenoxy) is 1. The molecule has 0 radical (unpaired) electrons. The van der Waals surface area contributed by atoms with E-state index in [1.54, 1.807) is 0 Å². The van der Waals surface area contributed by atoms with Crippen LogP contribution in [0.5, 0.6) is 0 Å². The second-order valence-electron chi connectivity index (χ2n) is 4.21. The Morgan fingerprint density at radius 1 is 1.00 bits per heavy atom. The molecule has 0 aromatic heterocycles. The number of hydrogen-bond donors (Lipinski definition) is 0. The lowest BCUT2D eigenvalue weighted by atomic mass is 9.90. The zero-order valence-electron chi connectivity index (χ0n) is 8.34. The number of rotatable bonds is 0. The van der Waals surface area contributed by atoms with Crippen molar-refractivity contribution in [2.45, 2.75) is 28.0 Å². The van der Waals surface area contributed by atoms with Crippen LogP contribution in [-0.4, -0.2) is 9.65 Å². The highest BCUT2D eigenvalue weighted by atomic mass is 79.9. The maximum atomic E-state index is 12.6. The van der Waals surface area contributed by atoms with Crippen molar-refractivity contribution in [1.82, 2.24) is 0 Å². The number of benzene rings is 1. The second-order valence-corrected chi connectivity index (χ2v) is 6.32. The van der Waals surface area contributed by atoms with Gasteiger partial charge in [-0.3, -0.25) is 0 Å². The van der Waals surface area contributed by atoms with E-state index in [9.17, 15) is 13.2 Å². The fourth-order valence-electron chi connectivity index (χ4n) is 2.39. The summed E-state index contributed by atoms with van der Waals surface area (Å²) in [5.41, 5.74) is 0.904. The van der Waals surface area contributed by atoms with Crippen molar-refractivity contribution in [3.8, 4) is 0 Å². The Kier molecular flexibility index (Phi) is 2.62. The lowest BCUT2D eigenvalue weighted by Gasteiger charge is -2.22. The van der Waals surface area contributed by atoms with E-state index >= 15 is 0 Å².